The van der Waals surface area contributed by atoms with E-state index >= 15 is 0 Å². The van der Waals surface area contributed by atoms with Gasteiger partial charge in [-0.05, 0) is 62.7 Å². The lowest BCUT2D eigenvalue weighted by atomic mass is 9.84. The van der Waals surface area contributed by atoms with Crippen LogP contribution in [0, 0.1) is 0 Å². The van der Waals surface area contributed by atoms with Crippen LogP contribution >= 0.6 is 0 Å². The zero-order valence-electron chi connectivity index (χ0n) is 15.8. The maximum absolute atomic E-state index is 6.69. The van der Waals surface area contributed by atoms with Crippen molar-refractivity contribution in [1.29, 1.82) is 0 Å². The van der Waals surface area contributed by atoms with E-state index in [4.69, 9.17) is 10.7 Å². The normalized spacial score (nSPS) is 21.3. The molecule has 2 aliphatic rings. The van der Waals surface area contributed by atoms with Crippen molar-refractivity contribution in [3.8, 4) is 0 Å². The molecule has 1 aliphatic heterocycles. The molecule has 1 aliphatic carbocycles. The molecule has 138 valence electrons. The summed E-state index contributed by atoms with van der Waals surface area (Å²) in [7, 11) is 0. The first kappa shape index (κ1) is 16.8. The molecule has 3 heteroatoms. The average molecular weight is 358 g/mol. The van der Waals surface area contributed by atoms with Gasteiger partial charge in [-0.2, -0.15) is 0 Å². The smallest absolute Gasteiger partial charge is 0.0726 e. The van der Waals surface area contributed by atoms with Gasteiger partial charge < -0.3 is 5.73 Å². The third-order valence-corrected chi connectivity index (χ3v) is 6.52. The molecule has 3 nitrogen and oxygen atoms in total. The van der Waals surface area contributed by atoms with E-state index in [2.05, 4.69) is 59.5 Å². The van der Waals surface area contributed by atoms with Crippen LogP contribution < -0.4 is 5.73 Å². The molecular weight excluding hydrogens is 330 g/mol. The topological polar surface area (TPSA) is 42.1 Å². The van der Waals surface area contributed by atoms with E-state index in [0.717, 1.165) is 36.1 Å². The number of aromatic nitrogens is 1. The Morgan fingerprint density at radius 3 is 2.44 bits per heavy atom. The lowest BCUT2D eigenvalue weighted by Gasteiger charge is -2.40. The van der Waals surface area contributed by atoms with Crippen LogP contribution in [0.2, 0.25) is 0 Å². The summed E-state index contributed by atoms with van der Waals surface area (Å²) in [5.74, 6) is 0.692. The van der Waals surface area contributed by atoms with Crippen molar-refractivity contribution in [2.45, 2.75) is 44.1 Å². The maximum atomic E-state index is 6.69. The van der Waals surface area contributed by atoms with Crippen LogP contribution in [-0.4, -0.2) is 23.0 Å². The fourth-order valence-corrected chi connectivity index (χ4v) is 5.11. The summed E-state index contributed by atoms with van der Waals surface area (Å²) in [6, 6.07) is 19.7. The number of anilines is 1. The molecule has 1 aromatic heterocycles. The Labute approximate surface area is 161 Å². The number of pyridine rings is 1. The van der Waals surface area contributed by atoms with Gasteiger partial charge >= 0.3 is 0 Å². The molecule has 0 spiro atoms. The molecule has 1 fully saturated rings. The Morgan fingerprint density at radius 1 is 0.889 bits per heavy atom. The molecule has 0 radical (unpaired) electrons. The molecule has 0 bridgehead atoms. The van der Waals surface area contributed by atoms with Gasteiger partial charge in [-0.15, -0.1) is 0 Å². The largest absolute Gasteiger partial charge is 0.398 e. The van der Waals surface area contributed by atoms with Crippen LogP contribution in [-0.2, 0) is 6.42 Å². The number of fused-ring (bicyclic) bond motifs is 2. The van der Waals surface area contributed by atoms with E-state index in [1.165, 1.54) is 42.5 Å². The average Bonchev–Trinajstić information content (AvgIpc) is 2.74. The summed E-state index contributed by atoms with van der Waals surface area (Å²) in [5.41, 5.74) is 12.7. The molecule has 3 aromatic rings. The summed E-state index contributed by atoms with van der Waals surface area (Å²) in [5, 5.41) is 1.11. The number of nitrogens with two attached hydrogens (primary N) is 1. The third kappa shape index (κ3) is 3.00. The Bertz CT molecular complexity index is 943. The first-order valence-electron chi connectivity index (χ1n) is 10.3. The zero-order chi connectivity index (χ0) is 18.2. The van der Waals surface area contributed by atoms with E-state index in [9.17, 15) is 0 Å². The van der Waals surface area contributed by atoms with Crippen LogP contribution in [0.3, 0.4) is 0 Å². The first-order chi connectivity index (χ1) is 13.3. The number of likely N-dealkylation sites (tertiary alicyclic amines) is 1. The Morgan fingerprint density at radius 2 is 1.63 bits per heavy atom. The number of hydrogen-bond acceptors (Lipinski definition) is 3. The molecule has 2 N–H and O–H groups in total. The fraction of sp³-hybridized carbons (Fsp3) is 0.375. The second-order valence-corrected chi connectivity index (χ2v) is 8.03. The van der Waals surface area contributed by atoms with Gasteiger partial charge in [0, 0.05) is 28.4 Å². The SMILES string of the molecule is Nc1c2c(nc3ccccc13)CCCC2N1CCC(c2ccccc2)CC1. The number of rotatable bonds is 2. The first-order valence-corrected chi connectivity index (χ1v) is 10.3. The quantitative estimate of drug-likeness (QED) is 0.696. The monoisotopic (exact) mass is 357 g/mol. The van der Waals surface area contributed by atoms with Crippen molar-refractivity contribution >= 4 is 16.6 Å². The van der Waals surface area contributed by atoms with E-state index < -0.39 is 0 Å². The highest BCUT2D eigenvalue weighted by Gasteiger charge is 2.32. The van der Waals surface area contributed by atoms with Gasteiger partial charge in [-0.25, -0.2) is 0 Å². The van der Waals surface area contributed by atoms with Crippen molar-refractivity contribution in [2.75, 3.05) is 18.8 Å². The second-order valence-electron chi connectivity index (χ2n) is 8.03. The van der Waals surface area contributed by atoms with E-state index in [1.807, 2.05) is 0 Å². The Kier molecular flexibility index (Phi) is 4.33. The second kappa shape index (κ2) is 6.97. The fourth-order valence-electron chi connectivity index (χ4n) is 5.11. The number of hydrogen-bond donors (Lipinski definition) is 1. The molecule has 1 atom stereocenters. The van der Waals surface area contributed by atoms with Gasteiger partial charge in [-0.1, -0.05) is 48.5 Å². The lowest BCUT2D eigenvalue weighted by molar-refractivity contribution is 0.138. The Balaban J connectivity index is 1.42. The minimum absolute atomic E-state index is 0.433. The van der Waals surface area contributed by atoms with Crippen LogP contribution in [0.15, 0.2) is 54.6 Å². The number of nitrogens with zero attached hydrogens (tertiary/aromatic N) is 2. The van der Waals surface area contributed by atoms with Crippen molar-refractivity contribution in [3.63, 3.8) is 0 Å². The van der Waals surface area contributed by atoms with Gasteiger partial charge in [0.2, 0.25) is 0 Å². The highest BCUT2D eigenvalue weighted by Crippen LogP contribution is 2.42. The van der Waals surface area contributed by atoms with E-state index in [0.29, 0.717) is 12.0 Å². The van der Waals surface area contributed by atoms with Crippen LogP contribution in [0.5, 0.6) is 0 Å². The maximum Gasteiger partial charge on any atom is 0.0726 e. The van der Waals surface area contributed by atoms with Crippen molar-refractivity contribution < 1.29 is 0 Å². The van der Waals surface area contributed by atoms with Crippen molar-refractivity contribution in [2.24, 2.45) is 0 Å². The molecule has 0 saturated carbocycles. The number of para-hydroxylation sites is 1. The highest BCUT2D eigenvalue weighted by molar-refractivity contribution is 5.92. The molecule has 5 rings (SSSR count). The van der Waals surface area contributed by atoms with Gasteiger partial charge in [0.05, 0.1) is 5.52 Å². The molecule has 1 saturated heterocycles. The summed E-state index contributed by atoms with van der Waals surface area (Å²) >= 11 is 0. The predicted octanol–water partition coefficient (Wildman–Crippen LogP) is 5.07. The van der Waals surface area contributed by atoms with Crippen LogP contribution in [0.1, 0.15) is 54.5 Å². The molecule has 2 heterocycles. The van der Waals surface area contributed by atoms with Crippen LogP contribution in [0.25, 0.3) is 10.9 Å². The standard InChI is InChI=1S/C24H27N3/c25-24-19-9-4-5-10-20(19)26-21-11-6-12-22(23(21)24)27-15-13-18(14-16-27)17-7-2-1-3-8-17/h1-5,7-10,18,22H,6,11-16H2,(H2,25,26). The molecule has 0 amide bonds. The van der Waals surface area contributed by atoms with Gasteiger partial charge in [0.15, 0.2) is 0 Å². The molecule has 1 unspecified atom stereocenters. The third-order valence-electron chi connectivity index (χ3n) is 6.52. The highest BCUT2D eigenvalue weighted by atomic mass is 15.2. The predicted molar refractivity (Wildman–Crippen MR) is 112 cm³/mol. The number of piperidine rings is 1. The van der Waals surface area contributed by atoms with E-state index in [-0.39, 0.29) is 0 Å². The molecule has 27 heavy (non-hydrogen) atoms. The summed E-state index contributed by atoms with van der Waals surface area (Å²) in [6.07, 6.45) is 5.93. The van der Waals surface area contributed by atoms with Crippen LogP contribution in [0.4, 0.5) is 5.69 Å². The minimum Gasteiger partial charge on any atom is -0.398 e. The number of aryl methyl sites for hydroxylation is 1. The Hall–Kier alpha value is -2.39. The molecular formula is C24H27N3. The summed E-state index contributed by atoms with van der Waals surface area (Å²) < 4.78 is 0. The van der Waals surface area contributed by atoms with Gasteiger partial charge in [-0.3, -0.25) is 9.88 Å². The summed E-state index contributed by atoms with van der Waals surface area (Å²) in [4.78, 5) is 7.65. The summed E-state index contributed by atoms with van der Waals surface area (Å²) in [6.45, 7) is 2.30. The van der Waals surface area contributed by atoms with Crippen molar-refractivity contribution in [1.82, 2.24) is 9.88 Å². The number of benzene rings is 2. The van der Waals surface area contributed by atoms with Gasteiger partial charge in [0.25, 0.3) is 0 Å². The van der Waals surface area contributed by atoms with Crippen molar-refractivity contribution in [3.05, 3.63) is 71.4 Å². The number of nitrogen functional groups attached to an aromatic ring is 1. The minimum atomic E-state index is 0.433. The zero-order valence-corrected chi connectivity index (χ0v) is 15.8. The lowest BCUT2D eigenvalue weighted by Crippen LogP contribution is -2.38. The molecule has 2 aromatic carbocycles. The van der Waals surface area contributed by atoms with Gasteiger partial charge in [0.1, 0.15) is 0 Å². The van der Waals surface area contributed by atoms with E-state index in [1.54, 1.807) is 0 Å².